The number of hydrogen-bond acceptors (Lipinski definition) is 3. The van der Waals surface area contributed by atoms with Crippen LogP contribution in [0.3, 0.4) is 0 Å². The van der Waals surface area contributed by atoms with Gasteiger partial charge in [-0.1, -0.05) is 60.1 Å². The van der Waals surface area contributed by atoms with E-state index in [9.17, 15) is 4.79 Å². The fourth-order valence-electron chi connectivity index (χ4n) is 2.76. The maximum absolute atomic E-state index is 12.6. The van der Waals surface area contributed by atoms with Crippen LogP contribution in [0.1, 0.15) is 22.0 Å². The summed E-state index contributed by atoms with van der Waals surface area (Å²) in [5.74, 6) is 0.0532. The molecule has 3 nitrogen and oxygen atoms in total. The Morgan fingerprint density at radius 2 is 1.81 bits per heavy atom. The Balaban J connectivity index is 1.63. The van der Waals surface area contributed by atoms with Crippen molar-refractivity contribution in [2.24, 2.45) is 0 Å². The summed E-state index contributed by atoms with van der Waals surface area (Å²) < 4.78 is 0. The van der Waals surface area contributed by atoms with E-state index < -0.39 is 0 Å². The predicted molar refractivity (Wildman–Crippen MR) is 109 cm³/mol. The van der Waals surface area contributed by atoms with Gasteiger partial charge in [0, 0.05) is 23.5 Å². The number of likely N-dealkylation sites (N-methyl/N-ethyl adjacent to an activating group) is 1. The van der Waals surface area contributed by atoms with Crippen molar-refractivity contribution in [1.29, 1.82) is 0 Å². The van der Waals surface area contributed by atoms with E-state index in [2.05, 4.69) is 28.9 Å². The summed E-state index contributed by atoms with van der Waals surface area (Å²) in [6.07, 6.45) is 0. The van der Waals surface area contributed by atoms with Crippen molar-refractivity contribution in [1.82, 2.24) is 10.2 Å². The van der Waals surface area contributed by atoms with E-state index >= 15 is 0 Å². The predicted octanol–water partition coefficient (Wildman–Crippen LogP) is 4.74. The minimum Gasteiger partial charge on any atom is -0.340 e. The first kappa shape index (κ1) is 18.6. The van der Waals surface area contributed by atoms with Crippen LogP contribution in [-0.4, -0.2) is 24.4 Å². The van der Waals surface area contributed by atoms with Crippen molar-refractivity contribution in [2.75, 3.05) is 13.6 Å². The second-order valence-electron chi connectivity index (χ2n) is 6.12. The van der Waals surface area contributed by atoms with E-state index in [-0.39, 0.29) is 18.5 Å². The fraction of sp³-hybridized carbons (Fsp3) is 0.190. The quantitative estimate of drug-likeness (QED) is 0.638. The minimum absolute atomic E-state index is 0.0177. The standard InChI is InChI=1S/C21H21ClN2OS/c1-24(15-16-9-11-18(22)12-10-16)20(25)14-23-21(19-8-5-13-26-19)17-6-3-2-4-7-17/h2-13,21,23H,14-15H2,1H3/t21-/m1/s1. The highest BCUT2D eigenvalue weighted by Gasteiger charge is 2.17. The summed E-state index contributed by atoms with van der Waals surface area (Å²) in [5, 5.41) is 6.17. The SMILES string of the molecule is CN(Cc1ccc(Cl)cc1)C(=O)CN[C@H](c1ccccc1)c1cccs1. The summed E-state index contributed by atoms with van der Waals surface area (Å²) in [4.78, 5) is 15.5. The first-order valence-electron chi connectivity index (χ1n) is 8.43. The van der Waals surface area contributed by atoms with Crippen LogP contribution in [0, 0.1) is 0 Å². The third-order valence-corrected chi connectivity index (χ3v) is 5.37. The molecule has 0 spiro atoms. The van der Waals surface area contributed by atoms with Crippen LogP contribution < -0.4 is 5.32 Å². The smallest absolute Gasteiger partial charge is 0.236 e. The van der Waals surface area contributed by atoms with Gasteiger partial charge in [-0.05, 0) is 34.7 Å². The van der Waals surface area contributed by atoms with Crippen LogP contribution in [0.2, 0.25) is 5.02 Å². The van der Waals surface area contributed by atoms with Crippen molar-refractivity contribution in [3.05, 3.63) is 93.1 Å². The zero-order valence-electron chi connectivity index (χ0n) is 14.6. The molecular formula is C21H21ClN2OS. The molecule has 3 rings (SSSR count). The van der Waals surface area contributed by atoms with E-state index in [1.807, 2.05) is 55.6 Å². The third kappa shape index (κ3) is 4.94. The second kappa shape index (κ2) is 8.99. The molecule has 0 radical (unpaired) electrons. The first-order valence-corrected chi connectivity index (χ1v) is 9.69. The summed E-state index contributed by atoms with van der Waals surface area (Å²) in [6, 6.07) is 21.9. The number of nitrogens with zero attached hydrogens (tertiary/aromatic N) is 1. The van der Waals surface area contributed by atoms with Gasteiger partial charge in [0.05, 0.1) is 12.6 Å². The van der Waals surface area contributed by atoms with Crippen LogP contribution in [0.15, 0.2) is 72.1 Å². The molecule has 0 aliphatic rings. The van der Waals surface area contributed by atoms with E-state index in [4.69, 9.17) is 11.6 Å². The van der Waals surface area contributed by atoms with Crippen molar-refractivity contribution < 1.29 is 4.79 Å². The van der Waals surface area contributed by atoms with Crippen LogP contribution in [0.4, 0.5) is 0 Å². The van der Waals surface area contributed by atoms with E-state index in [1.165, 1.54) is 4.88 Å². The molecule has 0 bridgehead atoms. The highest BCUT2D eigenvalue weighted by molar-refractivity contribution is 7.10. The molecule has 1 N–H and O–H groups in total. The monoisotopic (exact) mass is 384 g/mol. The van der Waals surface area contributed by atoms with Crippen LogP contribution >= 0.6 is 22.9 Å². The molecule has 0 saturated heterocycles. The van der Waals surface area contributed by atoms with Gasteiger partial charge < -0.3 is 4.90 Å². The molecule has 0 saturated carbocycles. The molecule has 26 heavy (non-hydrogen) atoms. The van der Waals surface area contributed by atoms with Crippen molar-refractivity contribution in [3.63, 3.8) is 0 Å². The van der Waals surface area contributed by atoms with Gasteiger partial charge in [-0.2, -0.15) is 0 Å². The van der Waals surface area contributed by atoms with Gasteiger partial charge in [0.25, 0.3) is 0 Å². The Morgan fingerprint density at radius 3 is 2.46 bits per heavy atom. The molecule has 0 fully saturated rings. The Labute approximate surface area is 163 Å². The molecular weight excluding hydrogens is 364 g/mol. The second-order valence-corrected chi connectivity index (χ2v) is 7.53. The number of benzene rings is 2. The molecule has 0 aliphatic heterocycles. The molecule has 1 amide bonds. The van der Waals surface area contributed by atoms with Gasteiger partial charge in [-0.15, -0.1) is 11.3 Å². The Bertz CT molecular complexity index is 819. The maximum Gasteiger partial charge on any atom is 0.236 e. The maximum atomic E-state index is 12.6. The molecule has 1 atom stereocenters. The topological polar surface area (TPSA) is 32.3 Å². The number of halogens is 1. The van der Waals surface area contributed by atoms with Gasteiger partial charge in [0.15, 0.2) is 0 Å². The molecule has 134 valence electrons. The molecule has 0 aliphatic carbocycles. The van der Waals surface area contributed by atoms with E-state index in [0.717, 1.165) is 11.1 Å². The molecule has 0 unspecified atom stereocenters. The van der Waals surface area contributed by atoms with Gasteiger partial charge >= 0.3 is 0 Å². The van der Waals surface area contributed by atoms with Crippen molar-refractivity contribution in [2.45, 2.75) is 12.6 Å². The fourth-order valence-corrected chi connectivity index (χ4v) is 3.71. The number of amides is 1. The van der Waals surface area contributed by atoms with Gasteiger partial charge in [-0.25, -0.2) is 0 Å². The van der Waals surface area contributed by atoms with Crippen LogP contribution in [0.5, 0.6) is 0 Å². The molecule has 3 aromatic rings. The van der Waals surface area contributed by atoms with E-state index in [1.54, 1.807) is 16.2 Å². The lowest BCUT2D eigenvalue weighted by Gasteiger charge is -2.21. The van der Waals surface area contributed by atoms with Crippen molar-refractivity contribution >= 4 is 28.8 Å². The van der Waals surface area contributed by atoms with Crippen LogP contribution in [-0.2, 0) is 11.3 Å². The lowest BCUT2D eigenvalue weighted by atomic mass is 10.1. The summed E-state index contributed by atoms with van der Waals surface area (Å²) in [6.45, 7) is 0.842. The largest absolute Gasteiger partial charge is 0.340 e. The minimum atomic E-state index is 0.0177. The summed E-state index contributed by atoms with van der Waals surface area (Å²) in [7, 11) is 1.82. The summed E-state index contributed by atoms with van der Waals surface area (Å²) in [5.41, 5.74) is 2.21. The Kier molecular flexibility index (Phi) is 6.45. The number of rotatable bonds is 7. The number of nitrogens with one attached hydrogen (secondary N) is 1. The first-order chi connectivity index (χ1) is 12.6. The molecule has 1 aromatic heterocycles. The Hall–Kier alpha value is -2.14. The Morgan fingerprint density at radius 1 is 1.08 bits per heavy atom. The average Bonchev–Trinajstić information content (AvgIpc) is 3.19. The number of carbonyl (C=O) groups is 1. The molecule has 1 heterocycles. The van der Waals surface area contributed by atoms with Crippen LogP contribution in [0.25, 0.3) is 0 Å². The van der Waals surface area contributed by atoms with E-state index in [0.29, 0.717) is 11.6 Å². The number of carbonyl (C=O) groups excluding carboxylic acids is 1. The van der Waals surface area contributed by atoms with Gasteiger partial charge in [0.1, 0.15) is 0 Å². The number of thiophene rings is 1. The highest BCUT2D eigenvalue weighted by Crippen LogP contribution is 2.25. The average molecular weight is 385 g/mol. The van der Waals surface area contributed by atoms with Gasteiger partial charge in [0.2, 0.25) is 5.91 Å². The molecule has 2 aromatic carbocycles. The molecule has 5 heteroatoms. The lowest BCUT2D eigenvalue weighted by molar-refractivity contribution is -0.129. The third-order valence-electron chi connectivity index (χ3n) is 4.18. The zero-order valence-corrected chi connectivity index (χ0v) is 16.1. The number of hydrogen-bond donors (Lipinski definition) is 1. The van der Waals surface area contributed by atoms with Crippen molar-refractivity contribution in [3.8, 4) is 0 Å². The zero-order chi connectivity index (χ0) is 18.4. The van der Waals surface area contributed by atoms with Gasteiger partial charge in [-0.3, -0.25) is 10.1 Å². The summed E-state index contributed by atoms with van der Waals surface area (Å²) >= 11 is 7.60. The normalized spacial score (nSPS) is 11.9. The lowest BCUT2D eigenvalue weighted by Crippen LogP contribution is -2.36. The highest BCUT2D eigenvalue weighted by atomic mass is 35.5.